The first kappa shape index (κ1) is 15.8. The molecule has 2 rings (SSSR count). The summed E-state index contributed by atoms with van der Waals surface area (Å²) in [6.07, 6.45) is 10.1. The Kier molecular flexibility index (Phi) is 6.31. The van der Waals surface area contributed by atoms with Gasteiger partial charge in [0, 0.05) is 0 Å². The summed E-state index contributed by atoms with van der Waals surface area (Å²) in [5, 5.41) is 0. The van der Waals surface area contributed by atoms with E-state index in [2.05, 4.69) is 6.92 Å². The molecule has 0 aromatic heterocycles. The van der Waals surface area contributed by atoms with Crippen LogP contribution in [0.5, 0.6) is 0 Å². The molecule has 0 saturated heterocycles. The molecule has 3 heteroatoms. The summed E-state index contributed by atoms with van der Waals surface area (Å²) in [5.74, 6) is 0.915. The van der Waals surface area contributed by atoms with Crippen molar-refractivity contribution in [2.24, 2.45) is 11.8 Å². The van der Waals surface area contributed by atoms with Crippen LogP contribution in [0.2, 0.25) is 0 Å². The highest BCUT2D eigenvalue weighted by molar-refractivity contribution is 5.72. The second-order valence-corrected chi connectivity index (χ2v) is 6.67. The molecule has 2 aliphatic rings. The van der Waals surface area contributed by atoms with E-state index in [9.17, 15) is 9.18 Å². The van der Waals surface area contributed by atoms with Crippen molar-refractivity contribution in [1.82, 2.24) is 0 Å². The molecule has 0 spiro atoms. The lowest BCUT2D eigenvalue weighted by Crippen LogP contribution is -2.30. The third-order valence-corrected chi connectivity index (χ3v) is 5.03. The van der Waals surface area contributed by atoms with Crippen molar-refractivity contribution >= 4 is 5.97 Å². The van der Waals surface area contributed by atoms with Crippen molar-refractivity contribution in [2.75, 3.05) is 0 Å². The summed E-state index contributed by atoms with van der Waals surface area (Å²) in [6.45, 7) is 2.23. The number of unbranched alkanes of at least 4 members (excludes halogenated alkanes) is 1. The van der Waals surface area contributed by atoms with Crippen LogP contribution in [-0.4, -0.2) is 18.2 Å². The third kappa shape index (κ3) is 4.75. The second-order valence-electron chi connectivity index (χ2n) is 6.67. The molecule has 2 aliphatic carbocycles. The van der Waals surface area contributed by atoms with Crippen molar-refractivity contribution < 1.29 is 13.9 Å². The molecule has 0 radical (unpaired) electrons. The largest absolute Gasteiger partial charge is 0.462 e. The molecule has 0 N–H and O–H groups in total. The van der Waals surface area contributed by atoms with E-state index in [1.807, 2.05) is 0 Å². The molecule has 0 aliphatic heterocycles. The molecule has 0 aromatic rings. The number of halogens is 1. The highest BCUT2D eigenvalue weighted by Gasteiger charge is 2.30. The van der Waals surface area contributed by atoms with Gasteiger partial charge in [-0.2, -0.15) is 0 Å². The fraction of sp³-hybridized carbons (Fsp3) is 0.941. The molecule has 0 atom stereocenters. The minimum Gasteiger partial charge on any atom is -0.462 e. The topological polar surface area (TPSA) is 26.3 Å². The minimum absolute atomic E-state index is 0.0127. The van der Waals surface area contributed by atoms with E-state index in [-0.39, 0.29) is 18.0 Å². The Hall–Kier alpha value is -0.600. The van der Waals surface area contributed by atoms with E-state index in [0.29, 0.717) is 25.7 Å². The molecule has 2 saturated carbocycles. The molecule has 116 valence electrons. The first-order chi connectivity index (χ1) is 9.69. The average molecular weight is 284 g/mol. The van der Waals surface area contributed by atoms with Crippen LogP contribution in [0.25, 0.3) is 0 Å². The maximum atomic E-state index is 13.1. The van der Waals surface area contributed by atoms with Gasteiger partial charge in [-0.15, -0.1) is 0 Å². The number of esters is 1. The summed E-state index contributed by atoms with van der Waals surface area (Å²) in [7, 11) is 0. The van der Waals surface area contributed by atoms with Gasteiger partial charge in [0.1, 0.15) is 12.3 Å². The fourth-order valence-electron chi connectivity index (χ4n) is 3.58. The lowest BCUT2D eigenvalue weighted by molar-refractivity contribution is -0.157. The third-order valence-electron chi connectivity index (χ3n) is 5.03. The number of carbonyl (C=O) groups is 1. The van der Waals surface area contributed by atoms with Crippen LogP contribution in [0.3, 0.4) is 0 Å². The lowest BCUT2D eigenvalue weighted by Gasteiger charge is -2.30. The van der Waals surface area contributed by atoms with Gasteiger partial charge in [-0.1, -0.05) is 26.2 Å². The lowest BCUT2D eigenvalue weighted by atomic mass is 9.80. The zero-order valence-corrected chi connectivity index (χ0v) is 12.8. The Labute approximate surface area is 122 Å². The average Bonchev–Trinajstić information content (AvgIpc) is 2.48. The highest BCUT2D eigenvalue weighted by atomic mass is 19.1. The summed E-state index contributed by atoms with van der Waals surface area (Å²) >= 11 is 0. The summed E-state index contributed by atoms with van der Waals surface area (Å²) in [5.41, 5.74) is 0. The van der Waals surface area contributed by atoms with Crippen molar-refractivity contribution in [1.29, 1.82) is 0 Å². The quantitative estimate of drug-likeness (QED) is 0.677. The molecule has 2 fully saturated rings. The molecule has 0 heterocycles. The number of alkyl halides is 1. The normalized spacial score (nSPS) is 34.7. The van der Waals surface area contributed by atoms with E-state index in [4.69, 9.17) is 4.74 Å². The molecule has 0 unspecified atom stereocenters. The second kappa shape index (κ2) is 7.99. The van der Waals surface area contributed by atoms with Gasteiger partial charge in [0.05, 0.1) is 5.92 Å². The van der Waals surface area contributed by atoms with Crippen LogP contribution >= 0.6 is 0 Å². The van der Waals surface area contributed by atoms with E-state index in [1.54, 1.807) is 0 Å². The molecule has 0 amide bonds. The van der Waals surface area contributed by atoms with Gasteiger partial charge < -0.3 is 4.74 Å². The first-order valence-electron chi connectivity index (χ1n) is 8.53. The van der Waals surface area contributed by atoms with Crippen molar-refractivity contribution in [3.63, 3.8) is 0 Å². The SMILES string of the molecule is CCCCC1CCC(C(=O)OC2CCC(F)CC2)CC1. The Bertz CT molecular complexity index is 289. The number of hydrogen-bond donors (Lipinski definition) is 0. The highest BCUT2D eigenvalue weighted by Crippen LogP contribution is 2.33. The zero-order chi connectivity index (χ0) is 14.4. The number of rotatable bonds is 5. The van der Waals surface area contributed by atoms with E-state index in [1.165, 1.54) is 32.1 Å². The fourth-order valence-corrected chi connectivity index (χ4v) is 3.58. The molecular weight excluding hydrogens is 255 g/mol. The van der Waals surface area contributed by atoms with Crippen LogP contribution in [-0.2, 0) is 9.53 Å². The van der Waals surface area contributed by atoms with E-state index < -0.39 is 6.17 Å². The maximum Gasteiger partial charge on any atom is 0.309 e. The van der Waals surface area contributed by atoms with Gasteiger partial charge >= 0.3 is 5.97 Å². The monoisotopic (exact) mass is 284 g/mol. The van der Waals surface area contributed by atoms with Crippen LogP contribution in [0, 0.1) is 11.8 Å². The summed E-state index contributed by atoms with van der Waals surface area (Å²) in [6, 6.07) is 0. The molecular formula is C17H29FO2. The van der Waals surface area contributed by atoms with Crippen molar-refractivity contribution in [3.05, 3.63) is 0 Å². The van der Waals surface area contributed by atoms with Gasteiger partial charge in [-0.25, -0.2) is 4.39 Å². The van der Waals surface area contributed by atoms with Crippen LogP contribution in [0.4, 0.5) is 4.39 Å². The van der Waals surface area contributed by atoms with E-state index >= 15 is 0 Å². The van der Waals surface area contributed by atoms with E-state index in [0.717, 1.165) is 18.8 Å². The predicted octanol–water partition coefficient (Wildman–Crippen LogP) is 4.81. The smallest absolute Gasteiger partial charge is 0.309 e. The first-order valence-corrected chi connectivity index (χ1v) is 8.53. The van der Waals surface area contributed by atoms with Crippen molar-refractivity contribution in [3.8, 4) is 0 Å². The molecule has 0 bridgehead atoms. The van der Waals surface area contributed by atoms with Crippen LogP contribution < -0.4 is 0 Å². The standard InChI is InChI=1S/C17H29FO2/c1-2-3-4-13-5-7-14(8-6-13)17(19)20-16-11-9-15(18)10-12-16/h13-16H,2-12H2,1H3. The zero-order valence-electron chi connectivity index (χ0n) is 12.8. The van der Waals surface area contributed by atoms with Gasteiger partial charge in [-0.05, 0) is 57.3 Å². The summed E-state index contributed by atoms with van der Waals surface area (Å²) in [4.78, 5) is 12.2. The number of hydrogen-bond acceptors (Lipinski definition) is 2. The Morgan fingerprint density at radius 3 is 2.30 bits per heavy atom. The minimum atomic E-state index is -0.682. The number of carbonyl (C=O) groups excluding carboxylic acids is 1. The van der Waals surface area contributed by atoms with Gasteiger partial charge in [0.25, 0.3) is 0 Å². The Morgan fingerprint density at radius 2 is 1.70 bits per heavy atom. The van der Waals surface area contributed by atoms with Crippen LogP contribution in [0.15, 0.2) is 0 Å². The van der Waals surface area contributed by atoms with Gasteiger partial charge in [-0.3, -0.25) is 4.79 Å². The van der Waals surface area contributed by atoms with Crippen molar-refractivity contribution in [2.45, 2.75) is 89.8 Å². The molecule has 20 heavy (non-hydrogen) atoms. The Morgan fingerprint density at radius 1 is 1.05 bits per heavy atom. The number of ether oxygens (including phenoxy) is 1. The molecule has 0 aromatic carbocycles. The Balaban J connectivity index is 1.66. The summed E-state index contributed by atoms with van der Waals surface area (Å²) < 4.78 is 18.6. The van der Waals surface area contributed by atoms with Gasteiger partial charge in [0.15, 0.2) is 0 Å². The van der Waals surface area contributed by atoms with Gasteiger partial charge in [0.2, 0.25) is 0 Å². The molecule has 2 nitrogen and oxygen atoms in total. The van der Waals surface area contributed by atoms with Crippen LogP contribution in [0.1, 0.15) is 77.6 Å². The predicted molar refractivity (Wildman–Crippen MR) is 78.2 cm³/mol. The maximum absolute atomic E-state index is 13.1.